The quantitative estimate of drug-likeness (QED) is 0.658. The van der Waals surface area contributed by atoms with Crippen LogP contribution in [0.5, 0.6) is 11.5 Å². The first-order valence-electron chi connectivity index (χ1n) is 9.49. The van der Waals surface area contributed by atoms with Gasteiger partial charge in [0.1, 0.15) is 5.82 Å². The summed E-state index contributed by atoms with van der Waals surface area (Å²) in [5.74, 6) is 0.711. The molecule has 154 valence electrons. The van der Waals surface area contributed by atoms with E-state index in [1.807, 2.05) is 6.92 Å². The summed E-state index contributed by atoms with van der Waals surface area (Å²) in [6, 6.07) is 9.95. The summed E-state index contributed by atoms with van der Waals surface area (Å²) >= 11 is 6.28. The molecule has 0 unspecified atom stereocenters. The molecule has 1 amide bonds. The van der Waals surface area contributed by atoms with Gasteiger partial charge in [0.25, 0.3) is 0 Å². The van der Waals surface area contributed by atoms with Crippen LogP contribution in [0.25, 0.3) is 6.08 Å². The zero-order valence-electron chi connectivity index (χ0n) is 16.5. The second-order valence-corrected chi connectivity index (χ2v) is 7.00. The molecule has 1 fully saturated rings. The summed E-state index contributed by atoms with van der Waals surface area (Å²) in [4.78, 5) is 16.5. The molecular formula is C22H24ClFN2O3. The number of methoxy groups -OCH3 is 1. The van der Waals surface area contributed by atoms with Crippen LogP contribution in [0.3, 0.4) is 0 Å². The molecule has 1 aliphatic heterocycles. The van der Waals surface area contributed by atoms with Gasteiger partial charge in [-0.15, -0.1) is 0 Å². The van der Waals surface area contributed by atoms with Crippen molar-refractivity contribution < 1.29 is 18.7 Å². The fraction of sp³-hybridized carbons (Fsp3) is 0.318. The summed E-state index contributed by atoms with van der Waals surface area (Å²) in [5.41, 5.74) is 1.72. The van der Waals surface area contributed by atoms with E-state index in [0.29, 0.717) is 49.3 Å². The summed E-state index contributed by atoms with van der Waals surface area (Å²) in [6.45, 7) is 4.97. The normalized spacial score (nSPS) is 14.3. The maximum atomic E-state index is 13.1. The van der Waals surface area contributed by atoms with Crippen molar-refractivity contribution in [2.45, 2.75) is 6.92 Å². The summed E-state index contributed by atoms with van der Waals surface area (Å²) in [5, 5.41) is 0.436. The Bertz CT molecular complexity index is 878. The molecule has 0 aliphatic carbocycles. The van der Waals surface area contributed by atoms with Crippen molar-refractivity contribution in [2.75, 3.05) is 44.8 Å². The van der Waals surface area contributed by atoms with E-state index in [-0.39, 0.29) is 11.7 Å². The molecule has 1 saturated heterocycles. The molecule has 0 bridgehead atoms. The predicted octanol–water partition coefficient (Wildman–Crippen LogP) is 4.25. The predicted molar refractivity (Wildman–Crippen MR) is 113 cm³/mol. The van der Waals surface area contributed by atoms with Crippen LogP contribution in [-0.4, -0.2) is 50.7 Å². The lowest BCUT2D eigenvalue weighted by Crippen LogP contribution is -2.48. The molecule has 2 aromatic carbocycles. The van der Waals surface area contributed by atoms with Crippen molar-refractivity contribution >= 4 is 29.3 Å². The Kier molecular flexibility index (Phi) is 6.99. The number of hydrogen-bond acceptors (Lipinski definition) is 4. The molecule has 2 aromatic rings. The van der Waals surface area contributed by atoms with Gasteiger partial charge in [-0.25, -0.2) is 4.39 Å². The molecule has 0 atom stereocenters. The van der Waals surface area contributed by atoms with Gasteiger partial charge in [0.05, 0.1) is 18.7 Å². The fourth-order valence-electron chi connectivity index (χ4n) is 3.23. The third-order valence-corrected chi connectivity index (χ3v) is 5.02. The van der Waals surface area contributed by atoms with Gasteiger partial charge >= 0.3 is 0 Å². The highest BCUT2D eigenvalue weighted by molar-refractivity contribution is 6.32. The van der Waals surface area contributed by atoms with E-state index in [2.05, 4.69) is 4.90 Å². The largest absolute Gasteiger partial charge is 0.493 e. The maximum absolute atomic E-state index is 13.1. The van der Waals surface area contributed by atoms with Crippen molar-refractivity contribution in [1.29, 1.82) is 0 Å². The number of hydrogen-bond donors (Lipinski definition) is 0. The van der Waals surface area contributed by atoms with Gasteiger partial charge < -0.3 is 19.3 Å². The minimum absolute atomic E-state index is 0.0623. The maximum Gasteiger partial charge on any atom is 0.246 e. The number of halogens is 2. The number of anilines is 1. The topological polar surface area (TPSA) is 42.0 Å². The second kappa shape index (κ2) is 9.65. The lowest BCUT2D eigenvalue weighted by molar-refractivity contribution is -0.126. The van der Waals surface area contributed by atoms with Crippen LogP contribution in [-0.2, 0) is 4.79 Å². The number of piperazine rings is 1. The van der Waals surface area contributed by atoms with Crippen LogP contribution in [0.4, 0.5) is 10.1 Å². The number of amides is 1. The summed E-state index contributed by atoms with van der Waals surface area (Å²) in [7, 11) is 1.55. The van der Waals surface area contributed by atoms with Crippen molar-refractivity contribution in [3.8, 4) is 11.5 Å². The summed E-state index contributed by atoms with van der Waals surface area (Å²) in [6.07, 6.45) is 3.26. The minimum atomic E-state index is -0.251. The smallest absolute Gasteiger partial charge is 0.246 e. The number of carbonyl (C=O) groups is 1. The zero-order valence-corrected chi connectivity index (χ0v) is 17.3. The lowest BCUT2D eigenvalue weighted by atomic mass is 10.1. The van der Waals surface area contributed by atoms with Gasteiger partial charge in [0, 0.05) is 37.9 Å². The number of nitrogens with zero attached hydrogens (tertiary/aromatic N) is 2. The van der Waals surface area contributed by atoms with Gasteiger partial charge in [-0.1, -0.05) is 11.6 Å². The Morgan fingerprint density at radius 2 is 1.86 bits per heavy atom. The molecule has 1 aliphatic rings. The van der Waals surface area contributed by atoms with E-state index < -0.39 is 0 Å². The van der Waals surface area contributed by atoms with Gasteiger partial charge in [-0.3, -0.25) is 4.79 Å². The molecule has 5 nitrogen and oxygen atoms in total. The third-order valence-electron chi connectivity index (χ3n) is 4.74. The molecule has 29 heavy (non-hydrogen) atoms. The monoisotopic (exact) mass is 418 g/mol. The number of ether oxygens (including phenoxy) is 2. The molecule has 0 saturated carbocycles. The van der Waals surface area contributed by atoms with E-state index in [9.17, 15) is 9.18 Å². The first kappa shape index (κ1) is 21.0. The van der Waals surface area contributed by atoms with Gasteiger partial charge in [0.15, 0.2) is 11.5 Å². The van der Waals surface area contributed by atoms with Crippen LogP contribution >= 0.6 is 11.6 Å². The Hall–Kier alpha value is -2.73. The number of carbonyl (C=O) groups excluding carboxylic acids is 1. The first-order chi connectivity index (χ1) is 14.0. The van der Waals surface area contributed by atoms with E-state index in [1.165, 1.54) is 12.1 Å². The Morgan fingerprint density at radius 1 is 1.17 bits per heavy atom. The Morgan fingerprint density at radius 3 is 2.48 bits per heavy atom. The highest BCUT2D eigenvalue weighted by atomic mass is 35.5. The molecule has 3 rings (SSSR count). The molecule has 7 heteroatoms. The number of rotatable bonds is 6. The molecular weight excluding hydrogens is 395 g/mol. The summed E-state index contributed by atoms with van der Waals surface area (Å²) < 4.78 is 23.9. The number of benzene rings is 2. The van der Waals surface area contributed by atoms with Crippen molar-refractivity contribution in [3.05, 3.63) is 58.9 Å². The van der Waals surface area contributed by atoms with Crippen LogP contribution in [0.1, 0.15) is 12.5 Å². The van der Waals surface area contributed by atoms with Crippen LogP contribution < -0.4 is 14.4 Å². The van der Waals surface area contributed by atoms with Crippen molar-refractivity contribution in [1.82, 2.24) is 4.90 Å². The molecule has 1 heterocycles. The van der Waals surface area contributed by atoms with E-state index in [0.717, 1.165) is 11.3 Å². The zero-order chi connectivity index (χ0) is 20.8. The first-order valence-corrected chi connectivity index (χ1v) is 9.87. The van der Waals surface area contributed by atoms with Crippen molar-refractivity contribution in [3.63, 3.8) is 0 Å². The van der Waals surface area contributed by atoms with E-state index in [1.54, 1.807) is 48.4 Å². The van der Waals surface area contributed by atoms with Gasteiger partial charge in [-0.2, -0.15) is 0 Å². The molecule has 0 aromatic heterocycles. The minimum Gasteiger partial charge on any atom is -0.493 e. The van der Waals surface area contributed by atoms with Gasteiger partial charge in [-0.05, 0) is 55.0 Å². The average molecular weight is 419 g/mol. The highest BCUT2D eigenvalue weighted by Gasteiger charge is 2.20. The molecule has 0 N–H and O–H groups in total. The van der Waals surface area contributed by atoms with Crippen molar-refractivity contribution in [2.24, 2.45) is 0 Å². The lowest BCUT2D eigenvalue weighted by Gasteiger charge is -2.35. The third kappa shape index (κ3) is 5.21. The molecule has 0 radical (unpaired) electrons. The van der Waals surface area contributed by atoms with Gasteiger partial charge in [0.2, 0.25) is 5.91 Å². The average Bonchev–Trinajstić information content (AvgIpc) is 2.74. The Balaban J connectivity index is 1.61. The van der Waals surface area contributed by atoms with E-state index >= 15 is 0 Å². The Labute approximate surface area is 175 Å². The SMILES string of the molecule is CCOc1c(Cl)cc(/C=C/C(=O)N2CCN(c3ccc(F)cc3)CC2)cc1OC. The second-order valence-electron chi connectivity index (χ2n) is 6.59. The standard InChI is InChI=1S/C22H24ClFN2O3/c1-3-29-22-19(23)14-16(15-20(22)28-2)4-9-21(27)26-12-10-25(11-13-26)18-7-5-17(24)6-8-18/h4-9,14-15H,3,10-13H2,1-2H3/b9-4+. The van der Waals surface area contributed by atoms with E-state index in [4.69, 9.17) is 21.1 Å². The van der Waals surface area contributed by atoms with Crippen LogP contribution in [0.15, 0.2) is 42.5 Å². The van der Waals surface area contributed by atoms with Crippen LogP contribution in [0.2, 0.25) is 5.02 Å². The van der Waals surface area contributed by atoms with Crippen LogP contribution in [0, 0.1) is 5.82 Å². The molecule has 0 spiro atoms. The highest BCUT2D eigenvalue weighted by Crippen LogP contribution is 2.36. The fourth-order valence-corrected chi connectivity index (χ4v) is 3.50.